The summed E-state index contributed by atoms with van der Waals surface area (Å²) >= 11 is 0. The van der Waals surface area contributed by atoms with Crippen molar-refractivity contribution in [2.45, 2.75) is 19.0 Å². The Balaban J connectivity index is 1.97. The van der Waals surface area contributed by atoms with Crippen molar-refractivity contribution in [3.8, 4) is 11.3 Å². The fourth-order valence-electron chi connectivity index (χ4n) is 2.22. The number of H-pyrrole nitrogens is 1. The minimum Gasteiger partial charge on any atom is -0.289 e. The lowest BCUT2D eigenvalue weighted by Gasteiger charge is -2.05. The summed E-state index contributed by atoms with van der Waals surface area (Å²) in [5.41, 5.74) is 0.947. The van der Waals surface area contributed by atoms with Crippen molar-refractivity contribution in [3.63, 3.8) is 0 Å². The third-order valence-electron chi connectivity index (χ3n) is 3.32. The van der Waals surface area contributed by atoms with Crippen molar-refractivity contribution in [3.05, 3.63) is 58.3 Å². The van der Waals surface area contributed by atoms with Crippen molar-refractivity contribution in [2.24, 2.45) is 0 Å². The topological polar surface area (TPSA) is 50.2 Å². The highest BCUT2D eigenvalue weighted by atomic mass is 19.4. The van der Waals surface area contributed by atoms with Gasteiger partial charge in [0, 0.05) is 24.2 Å². The molecule has 0 radical (unpaired) electrons. The summed E-state index contributed by atoms with van der Waals surface area (Å²) in [6.07, 6.45) is -5.69. The van der Waals surface area contributed by atoms with Crippen LogP contribution in [0.15, 0.2) is 41.2 Å². The Morgan fingerprint density at radius 1 is 1.13 bits per heavy atom. The molecule has 0 amide bonds. The number of rotatable bonds is 3. The van der Waals surface area contributed by atoms with Crippen LogP contribution in [0.4, 0.5) is 17.6 Å². The van der Waals surface area contributed by atoms with E-state index >= 15 is 0 Å². The van der Waals surface area contributed by atoms with Crippen molar-refractivity contribution in [1.29, 1.82) is 0 Å². The minimum atomic E-state index is -4.30. The number of hydrogen-bond acceptors (Lipinski definition) is 2. The summed E-state index contributed by atoms with van der Waals surface area (Å²) in [5, 5.41) is 2.80. The zero-order valence-electron chi connectivity index (χ0n) is 11.7. The summed E-state index contributed by atoms with van der Waals surface area (Å²) in [5.74, 6) is -0.394. The summed E-state index contributed by atoms with van der Waals surface area (Å²) < 4.78 is 50.9. The van der Waals surface area contributed by atoms with Crippen LogP contribution in [0.5, 0.6) is 0 Å². The Kier molecular flexibility index (Phi) is 3.67. The van der Waals surface area contributed by atoms with E-state index in [0.29, 0.717) is 11.3 Å². The third-order valence-corrected chi connectivity index (χ3v) is 3.32. The van der Waals surface area contributed by atoms with Gasteiger partial charge in [0.25, 0.3) is 5.56 Å². The Bertz CT molecular complexity index is 894. The van der Waals surface area contributed by atoms with Gasteiger partial charge in [-0.1, -0.05) is 0 Å². The van der Waals surface area contributed by atoms with Gasteiger partial charge in [-0.05, 0) is 36.2 Å². The molecule has 8 heteroatoms. The number of aryl methyl sites for hydroxylation is 1. The van der Waals surface area contributed by atoms with E-state index in [1.165, 1.54) is 30.3 Å². The number of hydrogen-bond donors (Lipinski definition) is 1. The van der Waals surface area contributed by atoms with E-state index in [4.69, 9.17) is 0 Å². The predicted octanol–water partition coefficient (Wildman–Crippen LogP) is 3.32. The van der Waals surface area contributed by atoms with Gasteiger partial charge in [0.15, 0.2) is 5.65 Å². The molecule has 0 aliphatic heterocycles. The van der Waals surface area contributed by atoms with Crippen molar-refractivity contribution >= 4 is 5.65 Å². The molecule has 0 atom stereocenters. The maximum absolute atomic E-state index is 12.9. The average Bonchev–Trinajstić information content (AvgIpc) is 2.90. The number of nitrogens with zero attached hydrogens (tertiary/aromatic N) is 2. The molecule has 1 aromatic carbocycles. The van der Waals surface area contributed by atoms with Crippen LogP contribution >= 0.6 is 0 Å². The molecule has 0 saturated carbocycles. The zero-order valence-corrected chi connectivity index (χ0v) is 11.7. The standard InChI is InChI=1S/C15H11F4N3O/c16-10-3-1-9(2-4-10)12-8-13-20-11(5-6-15(17,18)19)7-14(23)22(13)21-12/h1-4,7-8,21H,5-6H2. The molecule has 0 fully saturated rings. The highest BCUT2D eigenvalue weighted by Gasteiger charge is 2.27. The van der Waals surface area contributed by atoms with Crippen LogP contribution in [-0.2, 0) is 6.42 Å². The molecule has 23 heavy (non-hydrogen) atoms. The fraction of sp³-hybridized carbons (Fsp3) is 0.200. The van der Waals surface area contributed by atoms with E-state index < -0.39 is 24.0 Å². The van der Waals surface area contributed by atoms with E-state index in [2.05, 4.69) is 10.1 Å². The molecule has 0 aliphatic rings. The van der Waals surface area contributed by atoms with Gasteiger partial charge in [-0.2, -0.15) is 13.2 Å². The Morgan fingerprint density at radius 3 is 2.48 bits per heavy atom. The van der Waals surface area contributed by atoms with Crippen LogP contribution in [0.1, 0.15) is 12.1 Å². The predicted molar refractivity (Wildman–Crippen MR) is 75.6 cm³/mol. The van der Waals surface area contributed by atoms with E-state index in [9.17, 15) is 22.4 Å². The largest absolute Gasteiger partial charge is 0.389 e. The van der Waals surface area contributed by atoms with Crippen molar-refractivity contribution in [1.82, 2.24) is 14.6 Å². The number of alkyl halides is 3. The monoisotopic (exact) mass is 325 g/mol. The van der Waals surface area contributed by atoms with Crippen LogP contribution in [-0.4, -0.2) is 20.8 Å². The van der Waals surface area contributed by atoms with Gasteiger partial charge in [-0.3, -0.25) is 9.89 Å². The van der Waals surface area contributed by atoms with Gasteiger partial charge in [-0.15, -0.1) is 0 Å². The van der Waals surface area contributed by atoms with Gasteiger partial charge in [0.1, 0.15) is 5.82 Å². The van der Waals surface area contributed by atoms with Crippen LogP contribution in [0.25, 0.3) is 16.9 Å². The lowest BCUT2D eigenvalue weighted by molar-refractivity contribution is -0.134. The van der Waals surface area contributed by atoms with Gasteiger partial charge >= 0.3 is 6.18 Å². The first-order valence-electron chi connectivity index (χ1n) is 6.76. The summed E-state index contributed by atoms with van der Waals surface area (Å²) in [6.45, 7) is 0. The smallest absolute Gasteiger partial charge is 0.289 e. The molecule has 0 spiro atoms. The molecule has 1 N–H and O–H groups in total. The highest BCUT2D eigenvalue weighted by molar-refractivity contribution is 5.63. The van der Waals surface area contributed by atoms with Crippen LogP contribution in [0.2, 0.25) is 0 Å². The van der Waals surface area contributed by atoms with Crippen molar-refractivity contribution < 1.29 is 17.6 Å². The first kappa shape index (κ1) is 15.3. The van der Waals surface area contributed by atoms with Crippen molar-refractivity contribution in [2.75, 3.05) is 0 Å². The van der Waals surface area contributed by atoms with E-state index in [1.54, 1.807) is 0 Å². The Labute approximate surface area is 127 Å². The molecular formula is C15H11F4N3O. The van der Waals surface area contributed by atoms with Crippen LogP contribution < -0.4 is 5.56 Å². The minimum absolute atomic E-state index is 0.0805. The number of aromatic nitrogens is 3. The molecule has 0 aliphatic carbocycles. The molecular weight excluding hydrogens is 314 g/mol. The Morgan fingerprint density at radius 2 is 1.83 bits per heavy atom. The lowest BCUT2D eigenvalue weighted by Crippen LogP contribution is -2.17. The van der Waals surface area contributed by atoms with E-state index in [1.807, 2.05) is 0 Å². The quantitative estimate of drug-likeness (QED) is 0.751. The zero-order chi connectivity index (χ0) is 16.6. The summed E-state index contributed by atoms with van der Waals surface area (Å²) in [6, 6.07) is 8.19. The molecule has 120 valence electrons. The van der Waals surface area contributed by atoms with E-state index in [0.717, 1.165) is 10.6 Å². The number of nitrogens with one attached hydrogen (secondary N) is 1. The maximum atomic E-state index is 12.9. The Hall–Kier alpha value is -2.64. The first-order valence-corrected chi connectivity index (χ1v) is 6.76. The van der Waals surface area contributed by atoms with Gasteiger partial charge in [-0.25, -0.2) is 13.9 Å². The molecule has 2 aromatic heterocycles. The van der Waals surface area contributed by atoms with E-state index in [-0.39, 0.29) is 17.8 Å². The van der Waals surface area contributed by atoms with Crippen LogP contribution in [0, 0.1) is 5.82 Å². The average molecular weight is 325 g/mol. The SMILES string of the molecule is O=c1cc(CCC(F)(F)F)nc2cc(-c3ccc(F)cc3)[nH]n12. The molecule has 0 bridgehead atoms. The summed E-state index contributed by atoms with van der Waals surface area (Å²) in [4.78, 5) is 16.0. The second-order valence-electron chi connectivity index (χ2n) is 5.07. The molecule has 3 rings (SSSR count). The number of benzene rings is 1. The second-order valence-corrected chi connectivity index (χ2v) is 5.07. The lowest BCUT2D eigenvalue weighted by atomic mass is 10.1. The summed E-state index contributed by atoms with van der Waals surface area (Å²) in [7, 11) is 0. The molecule has 2 heterocycles. The van der Waals surface area contributed by atoms with Gasteiger partial charge < -0.3 is 0 Å². The number of fused-ring (bicyclic) bond motifs is 1. The first-order chi connectivity index (χ1) is 10.8. The highest BCUT2D eigenvalue weighted by Crippen LogP contribution is 2.22. The molecule has 4 nitrogen and oxygen atoms in total. The third kappa shape index (κ3) is 3.41. The maximum Gasteiger partial charge on any atom is 0.389 e. The molecule has 0 saturated heterocycles. The number of aromatic amines is 1. The second kappa shape index (κ2) is 5.53. The number of halogens is 4. The van der Waals surface area contributed by atoms with Gasteiger partial charge in [0.05, 0.1) is 5.69 Å². The molecule has 0 unspecified atom stereocenters. The van der Waals surface area contributed by atoms with Gasteiger partial charge in [0.2, 0.25) is 0 Å². The molecule has 3 aromatic rings. The normalized spacial score (nSPS) is 12.0. The fourth-order valence-corrected chi connectivity index (χ4v) is 2.22. The van der Waals surface area contributed by atoms with Crippen LogP contribution in [0.3, 0.4) is 0 Å².